The molecule has 5 nitrogen and oxygen atoms in total. The number of hydrogen-bond donors (Lipinski definition) is 0. The molecule has 0 aliphatic carbocycles. The van der Waals surface area contributed by atoms with Crippen LogP contribution in [-0.2, 0) is 9.57 Å². The van der Waals surface area contributed by atoms with Gasteiger partial charge in [0.15, 0.2) is 6.10 Å². The van der Waals surface area contributed by atoms with Gasteiger partial charge in [0.1, 0.15) is 5.60 Å². The van der Waals surface area contributed by atoms with Crippen LogP contribution in [0.3, 0.4) is 0 Å². The number of pyridine rings is 1. The standard InChI is InChI=1S/C19H19BrN2O3/c1-19(2,3)24-18(23)13-8-12(9-14(20)10-13)16-11-17(25-22-16)15-6-4-5-7-21-15/h4-10,17H,11H2,1-3H3/t17-/m1/s1. The van der Waals surface area contributed by atoms with Gasteiger partial charge in [-0.1, -0.05) is 27.2 Å². The zero-order valence-corrected chi connectivity index (χ0v) is 15.9. The Morgan fingerprint density at radius 1 is 1.28 bits per heavy atom. The van der Waals surface area contributed by atoms with E-state index in [1.807, 2.05) is 45.0 Å². The molecule has 2 heterocycles. The van der Waals surface area contributed by atoms with Crippen molar-refractivity contribution in [2.45, 2.75) is 38.9 Å². The van der Waals surface area contributed by atoms with Gasteiger partial charge in [0.05, 0.1) is 17.0 Å². The molecule has 1 aliphatic heterocycles. The molecule has 130 valence electrons. The molecule has 3 rings (SSSR count). The van der Waals surface area contributed by atoms with Gasteiger partial charge >= 0.3 is 5.97 Å². The van der Waals surface area contributed by atoms with Gasteiger partial charge in [-0.15, -0.1) is 0 Å². The molecular formula is C19H19BrN2O3. The van der Waals surface area contributed by atoms with Crippen molar-refractivity contribution in [3.05, 3.63) is 63.9 Å². The lowest BCUT2D eigenvalue weighted by Crippen LogP contribution is -2.24. The van der Waals surface area contributed by atoms with E-state index >= 15 is 0 Å². The lowest BCUT2D eigenvalue weighted by molar-refractivity contribution is 0.00694. The lowest BCUT2D eigenvalue weighted by Gasteiger charge is -2.19. The van der Waals surface area contributed by atoms with Gasteiger partial charge in [-0.05, 0) is 51.1 Å². The fourth-order valence-corrected chi connectivity index (χ4v) is 2.98. The normalized spacial score (nSPS) is 17.0. The minimum atomic E-state index is -0.544. The summed E-state index contributed by atoms with van der Waals surface area (Å²) in [5.74, 6) is -0.365. The molecule has 0 radical (unpaired) electrons. The number of esters is 1. The predicted octanol–water partition coefficient (Wildman–Crippen LogP) is 4.67. The van der Waals surface area contributed by atoms with Crippen molar-refractivity contribution in [3.63, 3.8) is 0 Å². The van der Waals surface area contributed by atoms with Crippen molar-refractivity contribution >= 4 is 27.6 Å². The molecule has 0 bridgehead atoms. The second-order valence-corrected chi connectivity index (χ2v) is 7.74. The second-order valence-electron chi connectivity index (χ2n) is 6.82. The molecule has 6 heteroatoms. The van der Waals surface area contributed by atoms with E-state index in [-0.39, 0.29) is 12.1 Å². The first-order valence-corrected chi connectivity index (χ1v) is 8.79. The number of aromatic nitrogens is 1. The van der Waals surface area contributed by atoms with Crippen molar-refractivity contribution in [2.75, 3.05) is 0 Å². The Morgan fingerprint density at radius 2 is 2.08 bits per heavy atom. The van der Waals surface area contributed by atoms with Crippen LogP contribution >= 0.6 is 15.9 Å². The molecular weight excluding hydrogens is 384 g/mol. The van der Waals surface area contributed by atoms with Gasteiger partial charge in [-0.25, -0.2) is 4.79 Å². The number of nitrogens with zero attached hydrogens (tertiary/aromatic N) is 2. The summed E-state index contributed by atoms with van der Waals surface area (Å²) in [7, 11) is 0. The number of hydrogen-bond acceptors (Lipinski definition) is 5. The topological polar surface area (TPSA) is 60.8 Å². The Morgan fingerprint density at radius 3 is 2.76 bits per heavy atom. The van der Waals surface area contributed by atoms with Gasteiger partial charge in [0, 0.05) is 22.7 Å². The summed E-state index contributed by atoms with van der Waals surface area (Å²) in [6, 6.07) is 11.1. The molecule has 0 spiro atoms. The Balaban J connectivity index is 1.80. The van der Waals surface area contributed by atoms with Crippen LogP contribution in [0.5, 0.6) is 0 Å². The van der Waals surface area contributed by atoms with Crippen LogP contribution in [0.4, 0.5) is 0 Å². The maximum Gasteiger partial charge on any atom is 0.338 e. The first kappa shape index (κ1) is 17.6. The highest BCUT2D eigenvalue weighted by molar-refractivity contribution is 9.10. The zero-order chi connectivity index (χ0) is 18.0. The number of benzene rings is 1. The Bertz CT molecular complexity index is 813. The van der Waals surface area contributed by atoms with Gasteiger partial charge in [0.2, 0.25) is 0 Å². The second kappa shape index (κ2) is 6.96. The van der Waals surface area contributed by atoms with Gasteiger partial charge in [0.25, 0.3) is 0 Å². The molecule has 0 unspecified atom stereocenters. The largest absolute Gasteiger partial charge is 0.456 e. The summed E-state index contributed by atoms with van der Waals surface area (Å²) < 4.78 is 6.23. The van der Waals surface area contributed by atoms with Crippen LogP contribution in [0.25, 0.3) is 0 Å². The number of ether oxygens (including phenoxy) is 1. The molecule has 0 saturated heterocycles. The van der Waals surface area contributed by atoms with E-state index in [2.05, 4.69) is 26.1 Å². The number of carbonyl (C=O) groups is 1. The van der Waals surface area contributed by atoms with E-state index in [1.54, 1.807) is 18.3 Å². The zero-order valence-electron chi connectivity index (χ0n) is 14.3. The molecule has 0 saturated carbocycles. The van der Waals surface area contributed by atoms with E-state index in [1.165, 1.54) is 0 Å². The summed E-state index contributed by atoms with van der Waals surface area (Å²) in [6.45, 7) is 5.53. The first-order valence-electron chi connectivity index (χ1n) is 8.00. The molecule has 0 fully saturated rings. The molecule has 1 aliphatic rings. The lowest BCUT2D eigenvalue weighted by atomic mass is 10.0. The molecule has 1 aromatic heterocycles. The fraction of sp³-hybridized carbons (Fsp3) is 0.316. The van der Waals surface area contributed by atoms with E-state index in [9.17, 15) is 4.79 Å². The number of carbonyl (C=O) groups excluding carboxylic acids is 1. The van der Waals surface area contributed by atoms with E-state index in [0.717, 1.165) is 21.4 Å². The van der Waals surface area contributed by atoms with Crippen molar-refractivity contribution in [3.8, 4) is 0 Å². The monoisotopic (exact) mass is 402 g/mol. The quantitative estimate of drug-likeness (QED) is 0.700. The van der Waals surface area contributed by atoms with Crippen LogP contribution in [0.15, 0.2) is 52.2 Å². The SMILES string of the molecule is CC(C)(C)OC(=O)c1cc(Br)cc(C2=NO[C@@H](c3ccccn3)C2)c1. The molecule has 2 aromatic rings. The summed E-state index contributed by atoms with van der Waals surface area (Å²) in [6.07, 6.45) is 2.12. The first-order chi connectivity index (χ1) is 11.8. The average molecular weight is 403 g/mol. The average Bonchev–Trinajstić information content (AvgIpc) is 3.03. The molecule has 25 heavy (non-hydrogen) atoms. The maximum atomic E-state index is 12.3. The van der Waals surface area contributed by atoms with Crippen LogP contribution < -0.4 is 0 Å². The summed E-state index contributed by atoms with van der Waals surface area (Å²) in [5.41, 5.74) is 2.37. The van der Waals surface area contributed by atoms with Gasteiger partial charge in [-0.2, -0.15) is 0 Å². The van der Waals surface area contributed by atoms with Crippen LogP contribution in [0, 0.1) is 0 Å². The highest BCUT2D eigenvalue weighted by atomic mass is 79.9. The molecule has 0 amide bonds. The van der Waals surface area contributed by atoms with Gasteiger partial charge < -0.3 is 9.57 Å². The third-order valence-corrected chi connectivity index (χ3v) is 4.01. The van der Waals surface area contributed by atoms with E-state index in [4.69, 9.17) is 9.57 Å². The number of rotatable bonds is 3. The van der Waals surface area contributed by atoms with Crippen LogP contribution in [0.2, 0.25) is 0 Å². The smallest absolute Gasteiger partial charge is 0.338 e. The van der Waals surface area contributed by atoms with Crippen molar-refractivity contribution < 1.29 is 14.4 Å². The van der Waals surface area contributed by atoms with E-state index in [0.29, 0.717) is 12.0 Å². The van der Waals surface area contributed by atoms with Crippen molar-refractivity contribution in [2.24, 2.45) is 5.16 Å². The minimum Gasteiger partial charge on any atom is -0.456 e. The van der Waals surface area contributed by atoms with Crippen molar-refractivity contribution in [1.29, 1.82) is 0 Å². The third kappa shape index (κ3) is 4.45. The Kier molecular flexibility index (Phi) is 4.90. The van der Waals surface area contributed by atoms with Crippen LogP contribution in [-0.4, -0.2) is 22.3 Å². The van der Waals surface area contributed by atoms with Gasteiger partial charge in [-0.3, -0.25) is 4.98 Å². The maximum absolute atomic E-state index is 12.3. The fourth-order valence-electron chi connectivity index (χ4n) is 2.48. The Labute approximate surface area is 155 Å². The highest BCUT2D eigenvalue weighted by Gasteiger charge is 2.26. The number of halogens is 1. The third-order valence-electron chi connectivity index (χ3n) is 3.55. The molecule has 1 atom stereocenters. The summed E-state index contributed by atoms with van der Waals surface area (Å²) in [4.78, 5) is 22.2. The van der Waals surface area contributed by atoms with Crippen molar-refractivity contribution in [1.82, 2.24) is 4.98 Å². The summed E-state index contributed by atoms with van der Waals surface area (Å²) in [5, 5.41) is 4.18. The Hall–Kier alpha value is -2.21. The number of oxime groups is 1. The highest BCUT2D eigenvalue weighted by Crippen LogP contribution is 2.29. The van der Waals surface area contributed by atoms with E-state index < -0.39 is 5.60 Å². The summed E-state index contributed by atoms with van der Waals surface area (Å²) >= 11 is 3.45. The minimum absolute atomic E-state index is 0.208. The van der Waals surface area contributed by atoms with Crippen LogP contribution in [0.1, 0.15) is 54.9 Å². The predicted molar refractivity (Wildman–Crippen MR) is 98.5 cm³/mol. The molecule has 1 aromatic carbocycles. The molecule has 0 N–H and O–H groups in total.